The Morgan fingerprint density at radius 3 is 2.55 bits per heavy atom. The number of aliphatic hydroxyl groups is 1. The highest BCUT2D eigenvalue weighted by molar-refractivity contribution is 9.09. The Balaban J connectivity index is 1.48. The molecule has 3 heterocycles. The van der Waals surface area contributed by atoms with Crippen LogP contribution in [0.25, 0.3) is 0 Å². The molecule has 0 saturated carbocycles. The predicted molar refractivity (Wildman–Crippen MR) is 190 cm³/mol. The number of allylic oxidation sites excluding steroid dienone is 1. The second kappa shape index (κ2) is 16.5. The maximum atomic E-state index is 14.8. The van der Waals surface area contributed by atoms with Crippen LogP contribution >= 0.6 is 27.5 Å². The monoisotopic (exact) mass is 755 g/mol. The lowest BCUT2D eigenvalue weighted by Crippen LogP contribution is -2.57. The summed E-state index contributed by atoms with van der Waals surface area (Å²) >= 11 is 10.3. The van der Waals surface area contributed by atoms with Crippen molar-refractivity contribution < 1.29 is 33.8 Å². The van der Waals surface area contributed by atoms with Crippen molar-refractivity contribution in [3.05, 3.63) is 90.5 Å². The summed E-state index contributed by atoms with van der Waals surface area (Å²) < 4.78 is 12.2. The summed E-state index contributed by atoms with van der Waals surface area (Å²) in [7, 11) is 0. The summed E-state index contributed by atoms with van der Waals surface area (Å²) in [6.45, 7) is 7.81. The number of hydrogen-bond donors (Lipinski definition) is 2. The topological polar surface area (TPSA) is 125 Å². The minimum atomic E-state index is -1.29. The number of nitrogens with zero attached hydrogens (tertiary/aromatic N) is 2. The van der Waals surface area contributed by atoms with Gasteiger partial charge in [0.2, 0.25) is 11.8 Å². The SMILES string of the molecule is C=CCCC(=O)OC[C@@H](NC(=O)[C@H]1[C@@H]2O[C@@]3(CC2Br)[C@@H]1C(=O)N(CCCCCO)[C@@H]3C(=O)N(CC=C)c1ccccc1Cl)c1ccccc1. The highest BCUT2D eigenvalue weighted by Gasteiger charge is 2.76. The van der Waals surface area contributed by atoms with Gasteiger partial charge in [-0.1, -0.05) is 82.1 Å². The lowest BCUT2D eigenvalue weighted by atomic mass is 9.70. The smallest absolute Gasteiger partial charge is 0.306 e. The van der Waals surface area contributed by atoms with E-state index in [1.165, 1.54) is 4.90 Å². The molecular formula is C37H43BrClN3O7. The lowest BCUT2D eigenvalue weighted by Gasteiger charge is -2.37. The number of halogens is 2. The lowest BCUT2D eigenvalue weighted by molar-refractivity contribution is -0.145. The standard InChI is InChI=1S/C37H43BrClN3O7/c1-3-5-18-29(44)48-23-27(24-14-8-6-9-15-24)40-34(45)30-31-35(46)42(20-12-7-13-21-43)33(37(31)22-25(38)32(30)49-37)36(47)41(19-4-2)28-17-11-10-16-26(28)39/h3-4,6,8-11,14-17,25,27,30-33,43H,1-2,5,7,12-13,18-23H2,(H,40,45)/t25?,27-,30-,31+,32-,33-,37+/m1/s1. The molecule has 12 heteroatoms. The van der Waals surface area contributed by atoms with E-state index in [-0.39, 0.29) is 49.4 Å². The van der Waals surface area contributed by atoms with Crippen molar-refractivity contribution in [3.63, 3.8) is 0 Å². The molecule has 1 spiro atoms. The summed E-state index contributed by atoms with van der Waals surface area (Å²) in [5.74, 6) is -3.38. The van der Waals surface area contributed by atoms with Gasteiger partial charge in [-0.15, -0.1) is 13.2 Å². The van der Waals surface area contributed by atoms with Gasteiger partial charge in [0.05, 0.1) is 34.7 Å². The number of carbonyl (C=O) groups is 4. The van der Waals surface area contributed by atoms with E-state index in [0.29, 0.717) is 42.8 Å². The fraction of sp³-hybridized carbons (Fsp3) is 0.459. The van der Waals surface area contributed by atoms with E-state index in [1.807, 2.05) is 30.3 Å². The zero-order valence-electron chi connectivity index (χ0n) is 27.3. The molecule has 3 amide bonds. The summed E-state index contributed by atoms with van der Waals surface area (Å²) in [4.78, 5) is 58.8. The second-order valence-electron chi connectivity index (χ2n) is 12.7. The number of unbranched alkanes of at least 4 members (excludes halogenated alkanes) is 2. The molecule has 0 radical (unpaired) electrons. The minimum Gasteiger partial charge on any atom is -0.463 e. The third kappa shape index (κ3) is 7.50. The molecule has 10 nitrogen and oxygen atoms in total. The van der Waals surface area contributed by atoms with Crippen molar-refractivity contribution in [1.29, 1.82) is 0 Å². The minimum absolute atomic E-state index is 0.0208. The third-order valence-corrected chi connectivity index (χ3v) is 10.8. The van der Waals surface area contributed by atoms with Gasteiger partial charge in [-0.25, -0.2) is 0 Å². The molecule has 3 aliphatic rings. The highest BCUT2D eigenvalue weighted by atomic mass is 79.9. The molecule has 5 rings (SSSR count). The van der Waals surface area contributed by atoms with Crippen LogP contribution in [-0.2, 0) is 28.7 Å². The van der Waals surface area contributed by atoms with Crippen LogP contribution in [0, 0.1) is 11.8 Å². The van der Waals surface area contributed by atoms with Crippen LogP contribution in [0.15, 0.2) is 79.9 Å². The van der Waals surface area contributed by atoms with Gasteiger partial charge >= 0.3 is 5.97 Å². The van der Waals surface area contributed by atoms with Crippen LogP contribution in [0.5, 0.6) is 0 Å². The molecule has 0 aliphatic carbocycles. The normalized spacial score (nSPS) is 25.8. The molecule has 2 aromatic rings. The molecule has 262 valence electrons. The molecule has 3 aliphatic heterocycles. The Labute approximate surface area is 300 Å². The van der Waals surface area contributed by atoms with Crippen LogP contribution in [-0.4, -0.2) is 82.6 Å². The molecule has 2 N–H and O–H groups in total. The molecular weight excluding hydrogens is 714 g/mol. The second-order valence-corrected chi connectivity index (χ2v) is 14.2. The Kier molecular flexibility index (Phi) is 12.4. The maximum Gasteiger partial charge on any atom is 0.306 e. The number of likely N-dealkylation sites (tertiary alicyclic amines) is 1. The number of rotatable bonds is 17. The van der Waals surface area contributed by atoms with Gasteiger partial charge in [0, 0.05) is 30.9 Å². The summed E-state index contributed by atoms with van der Waals surface area (Å²) in [5.41, 5.74) is -0.0728. The van der Waals surface area contributed by atoms with Crippen LogP contribution in [0.2, 0.25) is 5.02 Å². The number of anilines is 1. The van der Waals surface area contributed by atoms with Crippen molar-refractivity contribution in [2.24, 2.45) is 11.8 Å². The largest absolute Gasteiger partial charge is 0.463 e. The number of hydrogen-bond acceptors (Lipinski definition) is 7. The summed E-state index contributed by atoms with van der Waals surface area (Å²) in [6.07, 6.45) is 5.30. The molecule has 2 aromatic carbocycles. The Morgan fingerprint density at radius 1 is 1.12 bits per heavy atom. The van der Waals surface area contributed by atoms with Gasteiger partial charge < -0.3 is 29.7 Å². The number of ether oxygens (including phenoxy) is 2. The zero-order valence-corrected chi connectivity index (χ0v) is 29.7. The van der Waals surface area contributed by atoms with Crippen LogP contribution in [0.4, 0.5) is 5.69 Å². The molecule has 0 aromatic heterocycles. The van der Waals surface area contributed by atoms with Crippen molar-refractivity contribution in [3.8, 4) is 0 Å². The molecule has 2 bridgehead atoms. The first-order valence-electron chi connectivity index (χ1n) is 16.7. The van der Waals surface area contributed by atoms with Gasteiger partial charge in [0.25, 0.3) is 5.91 Å². The van der Waals surface area contributed by atoms with Crippen molar-refractivity contribution in [2.75, 3.05) is 31.2 Å². The fourth-order valence-electron chi connectivity index (χ4n) is 7.42. The summed E-state index contributed by atoms with van der Waals surface area (Å²) in [6, 6.07) is 14.5. The van der Waals surface area contributed by atoms with E-state index in [2.05, 4.69) is 34.4 Å². The number of aliphatic hydroxyl groups excluding tert-OH is 1. The van der Waals surface area contributed by atoms with E-state index in [1.54, 1.807) is 41.3 Å². The zero-order chi connectivity index (χ0) is 35.1. The average Bonchev–Trinajstić information content (AvgIpc) is 3.70. The number of nitrogens with one attached hydrogen (secondary N) is 1. The Bertz CT molecular complexity index is 1540. The number of carbonyl (C=O) groups excluding carboxylic acids is 4. The fourth-order valence-corrected chi connectivity index (χ4v) is 8.60. The molecule has 49 heavy (non-hydrogen) atoms. The first-order valence-corrected chi connectivity index (χ1v) is 18.0. The van der Waals surface area contributed by atoms with E-state index in [4.69, 9.17) is 21.1 Å². The van der Waals surface area contributed by atoms with Crippen LogP contribution in [0.1, 0.15) is 50.1 Å². The van der Waals surface area contributed by atoms with Gasteiger partial charge in [-0.2, -0.15) is 0 Å². The van der Waals surface area contributed by atoms with E-state index >= 15 is 0 Å². The van der Waals surface area contributed by atoms with Crippen molar-refractivity contribution in [1.82, 2.24) is 10.2 Å². The predicted octanol–water partition coefficient (Wildman–Crippen LogP) is 5.14. The molecule has 3 fully saturated rings. The summed E-state index contributed by atoms with van der Waals surface area (Å²) in [5, 5.41) is 12.8. The highest BCUT2D eigenvalue weighted by Crippen LogP contribution is 2.60. The first kappa shape index (κ1) is 36.8. The van der Waals surface area contributed by atoms with Gasteiger partial charge in [-0.05, 0) is 49.8 Å². The van der Waals surface area contributed by atoms with E-state index < -0.39 is 47.5 Å². The Hall–Kier alpha value is -3.51. The first-order chi connectivity index (χ1) is 23.7. The quantitative estimate of drug-likeness (QED) is 0.0993. The van der Waals surface area contributed by atoms with Crippen molar-refractivity contribution >= 4 is 56.9 Å². The number of benzene rings is 2. The molecule has 3 saturated heterocycles. The number of alkyl halides is 1. The van der Waals surface area contributed by atoms with E-state index in [0.717, 1.165) is 5.56 Å². The third-order valence-electron chi connectivity index (χ3n) is 9.59. The van der Waals surface area contributed by atoms with E-state index in [9.17, 15) is 24.3 Å². The number of para-hydroxylation sites is 1. The number of fused-ring (bicyclic) bond motifs is 1. The van der Waals surface area contributed by atoms with Gasteiger partial charge in [0.15, 0.2) is 0 Å². The Morgan fingerprint density at radius 2 is 1.86 bits per heavy atom. The van der Waals surface area contributed by atoms with Crippen LogP contribution in [0.3, 0.4) is 0 Å². The van der Waals surface area contributed by atoms with Gasteiger partial charge in [0.1, 0.15) is 18.2 Å². The molecule has 1 unspecified atom stereocenters. The van der Waals surface area contributed by atoms with Crippen molar-refractivity contribution in [2.45, 2.75) is 67.1 Å². The van der Waals surface area contributed by atoms with Crippen LogP contribution < -0.4 is 10.2 Å². The average molecular weight is 757 g/mol. The number of esters is 1. The molecule has 7 atom stereocenters. The van der Waals surface area contributed by atoms with Gasteiger partial charge in [-0.3, -0.25) is 19.2 Å². The maximum absolute atomic E-state index is 14.8. The number of amides is 3.